The van der Waals surface area contributed by atoms with Gasteiger partial charge in [-0.2, -0.15) is 0 Å². The summed E-state index contributed by atoms with van der Waals surface area (Å²) in [5.41, 5.74) is 1.07. The maximum atomic E-state index is 12.9. The highest BCUT2D eigenvalue weighted by Crippen LogP contribution is 2.16. The second-order valence-corrected chi connectivity index (χ2v) is 3.24. The molecule has 1 heterocycles. The molecule has 0 fully saturated rings. The lowest BCUT2D eigenvalue weighted by atomic mass is 10.2. The largest absolute Gasteiger partial charge is 0.344 e. The molecule has 0 atom stereocenters. The first-order valence-corrected chi connectivity index (χ1v) is 4.67. The number of halogens is 1. The van der Waals surface area contributed by atoms with Crippen LogP contribution >= 0.6 is 0 Å². The van der Waals surface area contributed by atoms with Crippen molar-refractivity contribution in [1.82, 2.24) is 4.57 Å². The van der Waals surface area contributed by atoms with Gasteiger partial charge in [-0.05, 0) is 31.2 Å². The van der Waals surface area contributed by atoms with E-state index in [1.165, 1.54) is 6.07 Å². The van der Waals surface area contributed by atoms with Gasteiger partial charge in [-0.1, -0.05) is 12.2 Å². The standard InChI is InChI=1S/C12H12FN/c1-2-3-7-14-8-6-10-9-11(13)4-5-12(10)14/h2-6,8-9H,7H2,1H3. The molecule has 0 radical (unpaired) electrons. The van der Waals surface area contributed by atoms with Gasteiger partial charge >= 0.3 is 0 Å². The molecular weight excluding hydrogens is 177 g/mol. The Morgan fingerprint density at radius 2 is 2.21 bits per heavy atom. The minimum atomic E-state index is -0.179. The Bertz CT molecular complexity index is 468. The quantitative estimate of drug-likeness (QED) is 0.638. The second-order valence-electron chi connectivity index (χ2n) is 3.24. The van der Waals surface area contributed by atoms with E-state index in [1.807, 2.05) is 31.3 Å². The molecule has 14 heavy (non-hydrogen) atoms. The van der Waals surface area contributed by atoms with Crippen LogP contribution in [0.5, 0.6) is 0 Å². The third kappa shape index (κ3) is 1.55. The van der Waals surface area contributed by atoms with Gasteiger partial charge in [-0.15, -0.1) is 0 Å². The summed E-state index contributed by atoms with van der Waals surface area (Å²) in [6.45, 7) is 2.83. The lowest BCUT2D eigenvalue weighted by molar-refractivity contribution is 0.629. The van der Waals surface area contributed by atoms with E-state index < -0.39 is 0 Å². The number of rotatable bonds is 2. The molecule has 0 N–H and O–H groups in total. The fraction of sp³-hybridized carbons (Fsp3) is 0.167. The van der Waals surface area contributed by atoms with Gasteiger partial charge in [0.25, 0.3) is 0 Å². The molecule has 0 spiro atoms. The first-order chi connectivity index (χ1) is 6.81. The number of allylic oxidation sites excluding steroid dienone is 2. The van der Waals surface area contributed by atoms with Crippen LogP contribution in [0.3, 0.4) is 0 Å². The molecule has 1 nitrogen and oxygen atoms in total. The van der Waals surface area contributed by atoms with Gasteiger partial charge in [0.2, 0.25) is 0 Å². The molecule has 0 aliphatic heterocycles. The zero-order valence-electron chi connectivity index (χ0n) is 8.07. The molecule has 0 saturated carbocycles. The van der Waals surface area contributed by atoms with Crippen LogP contribution < -0.4 is 0 Å². The fourth-order valence-corrected chi connectivity index (χ4v) is 1.55. The van der Waals surface area contributed by atoms with Crippen molar-refractivity contribution in [2.24, 2.45) is 0 Å². The molecule has 0 aliphatic rings. The molecule has 2 aromatic rings. The number of fused-ring (bicyclic) bond motifs is 1. The highest BCUT2D eigenvalue weighted by atomic mass is 19.1. The summed E-state index contributed by atoms with van der Waals surface area (Å²) < 4.78 is 15.0. The lowest BCUT2D eigenvalue weighted by Gasteiger charge is -2.00. The topological polar surface area (TPSA) is 4.93 Å². The Balaban J connectivity index is 2.47. The number of hydrogen-bond acceptors (Lipinski definition) is 0. The summed E-state index contributed by atoms with van der Waals surface area (Å²) in [5.74, 6) is -0.179. The molecule has 1 aromatic carbocycles. The molecule has 2 rings (SSSR count). The Morgan fingerprint density at radius 1 is 1.36 bits per heavy atom. The third-order valence-corrected chi connectivity index (χ3v) is 2.27. The van der Waals surface area contributed by atoms with E-state index in [1.54, 1.807) is 6.07 Å². The van der Waals surface area contributed by atoms with Gasteiger partial charge in [0.15, 0.2) is 0 Å². The number of benzene rings is 1. The SMILES string of the molecule is CC=CCn1ccc2cc(F)ccc21. The molecule has 0 amide bonds. The number of hydrogen-bond donors (Lipinski definition) is 0. The van der Waals surface area contributed by atoms with E-state index in [0.717, 1.165) is 17.4 Å². The third-order valence-electron chi connectivity index (χ3n) is 2.27. The Hall–Kier alpha value is -1.57. The number of nitrogens with zero attached hydrogens (tertiary/aromatic N) is 1. The van der Waals surface area contributed by atoms with Crippen molar-refractivity contribution in [3.05, 3.63) is 48.4 Å². The van der Waals surface area contributed by atoms with E-state index in [2.05, 4.69) is 10.6 Å². The van der Waals surface area contributed by atoms with Crippen molar-refractivity contribution in [1.29, 1.82) is 0 Å². The summed E-state index contributed by atoms with van der Waals surface area (Å²) >= 11 is 0. The first kappa shape index (κ1) is 9.00. The average molecular weight is 189 g/mol. The lowest BCUT2D eigenvalue weighted by Crippen LogP contribution is -1.91. The summed E-state index contributed by atoms with van der Waals surface area (Å²) in [5, 5.41) is 0.953. The van der Waals surface area contributed by atoms with Gasteiger partial charge in [0.05, 0.1) is 0 Å². The molecule has 2 heteroatoms. The molecule has 0 saturated heterocycles. The zero-order chi connectivity index (χ0) is 9.97. The predicted molar refractivity (Wildman–Crippen MR) is 56.7 cm³/mol. The van der Waals surface area contributed by atoms with Crippen LogP contribution in [0.1, 0.15) is 6.92 Å². The average Bonchev–Trinajstić information content (AvgIpc) is 2.57. The normalized spacial score (nSPS) is 11.6. The van der Waals surface area contributed by atoms with Crippen LogP contribution in [0.4, 0.5) is 4.39 Å². The van der Waals surface area contributed by atoms with Crippen molar-refractivity contribution in [2.75, 3.05) is 0 Å². The molecule has 72 valence electrons. The van der Waals surface area contributed by atoms with Crippen LogP contribution in [0.15, 0.2) is 42.6 Å². The zero-order valence-corrected chi connectivity index (χ0v) is 8.07. The molecular formula is C12H12FN. The van der Waals surface area contributed by atoms with E-state index in [4.69, 9.17) is 0 Å². The minimum Gasteiger partial charge on any atom is -0.344 e. The van der Waals surface area contributed by atoms with E-state index in [-0.39, 0.29) is 5.82 Å². The monoisotopic (exact) mass is 189 g/mol. The van der Waals surface area contributed by atoms with Crippen molar-refractivity contribution in [2.45, 2.75) is 13.5 Å². The van der Waals surface area contributed by atoms with Crippen molar-refractivity contribution >= 4 is 10.9 Å². The Morgan fingerprint density at radius 3 is 3.00 bits per heavy atom. The molecule has 0 aliphatic carbocycles. The smallest absolute Gasteiger partial charge is 0.123 e. The number of aromatic nitrogens is 1. The highest BCUT2D eigenvalue weighted by molar-refractivity contribution is 5.80. The Kier molecular flexibility index (Phi) is 2.35. The van der Waals surface area contributed by atoms with Gasteiger partial charge in [-0.25, -0.2) is 4.39 Å². The minimum absolute atomic E-state index is 0.179. The van der Waals surface area contributed by atoms with Crippen molar-refractivity contribution in [3.63, 3.8) is 0 Å². The predicted octanol–water partition coefficient (Wildman–Crippen LogP) is 3.36. The fourth-order valence-electron chi connectivity index (χ4n) is 1.55. The van der Waals surface area contributed by atoms with E-state index >= 15 is 0 Å². The molecule has 0 unspecified atom stereocenters. The van der Waals surface area contributed by atoms with Crippen LogP contribution in [0.2, 0.25) is 0 Å². The summed E-state index contributed by atoms with van der Waals surface area (Å²) in [6, 6.07) is 6.80. The van der Waals surface area contributed by atoms with Gasteiger partial charge in [-0.3, -0.25) is 0 Å². The van der Waals surface area contributed by atoms with Crippen LogP contribution in [0.25, 0.3) is 10.9 Å². The van der Waals surface area contributed by atoms with Crippen LogP contribution in [-0.2, 0) is 6.54 Å². The van der Waals surface area contributed by atoms with E-state index in [9.17, 15) is 4.39 Å². The summed E-state index contributed by atoms with van der Waals surface area (Å²) in [6.07, 6.45) is 6.06. The van der Waals surface area contributed by atoms with E-state index in [0.29, 0.717) is 0 Å². The van der Waals surface area contributed by atoms with Gasteiger partial charge < -0.3 is 4.57 Å². The van der Waals surface area contributed by atoms with Gasteiger partial charge in [0, 0.05) is 23.6 Å². The van der Waals surface area contributed by atoms with Crippen LogP contribution in [0, 0.1) is 5.82 Å². The van der Waals surface area contributed by atoms with Crippen molar-refractivity contribution in [3.8, 4) is 0 Å². The molecule has 1 aromatic heterocycles. The maximum Gasteiger partial charge on any atom is 0.123 e. The van der Waals surface area contributed by atoms with Crippen LogP contribution in [-0.4, -0.2) is 4.57 Å². The Labute approximate surface area is 82.5 Å². The first-order valence-electron chi connectivity index (χ1n) is 4.67. The second kappa shape index (κ2) is 3.66. The molecule has 0 bridgehead atoms. The summed E-state index contributed by atoms with van der Waals surface area (Å²) in [7, 11) is 0. The maximum absolute atomic E-state index is 12.9. The highest BCUT2D eigenvalue weighted by Gasteiger charge is 1.99. The van der Waals surface area contributed by atoms with Gasteiger partial charge in [0.1, 0.15) is 5.82 Å². The van der Waals surface area contributed by atoms with Crippen molar-refractivity contribution < 1.29 is 4.39 Å². The summed E-state index contributed by atoms with van der Waals surface area (Å²) in [4.78, 5) is 0.